The zero-order chi connectivity index (χ0) is 34.5. The molecule has 0 aromatic heterocycles. The number of carbonyl (C=O) groups excluding carboxylic acids is 2. The van der Waals surface area contributed by atoms with Crippen LogP contribution in [0.15, 0.2) is 0 Å². The van der Waals surface area contributed by atoms with E-state index in [0.717, 1.165) is 31.0 Å². The van der Waals surface area contributed by atoms with Crippen LogP contribution in [0.2, 0.25) is 0 Å². The standard InChI is InChI=1S/C35H70N2O4S6/c1-5-7-9-11-13-15-17-19-30-42-46-44-32-28-40-34(38)22-26-37(25-21-24-36(3)4)27-23-35(39)41-29-33-45-47-43-31-20-18-16-14-12-10-8-6-2/h5-33H2,1-4H3. The van der Waals surface area contributed by atoms with Gasteiger partial charge in [-0.1, -0.05) is 147 Å². The van der Waals surface area contributed by atoms with Gasteiger partial charge in [0.05, 0.1) is 12.8 Å². The van der Waals surface area contributed by atoms with E-state index in [2.05, 4.69) is 37.7 Å². The van der Waals surface area contributed by atoms with Crippen molar-refractivity contribution in [1.82, 2.24) is 9.80 Å². The molecule has 12 heteroatoms. The maximum absolute atomic E-state index is 12.4. The molecular weight excluding hydrogens is 705 g/mol. The summed E-state index contributed by atoms with van der Waals surface area (Å²) in [6, 6.07) is 0. The molecule has 0 aromatic rings. The Morgan fingerprint density at radius 2 is 0.851 bits per heavy atom. The van der Waals surface area contributed by atoms with E-state index in [9.17, 15) is 9.59 Å². The fraction of sp³-hybridized carbons (Fsp3) is 0.943. The monoisotopic (exact) mass is 774 g/mol. The van der Waals surface area contributed by atoms with Crippen LogP contribution < -0.4 is 0 Å². The molecule has 0 bridgehead atoms. The maximum atomic E-state index is 12.4. The SMILES string of the molecule is CCCCCCCCCCSSSCCOC(=O)CCN(CCCN(C)C)CCC(=O)OCCSSSCCCCCCCCCC. The van der Waals surface area contributed by atoms with E-state index in [1.54, 1.807) is 21.6 Å². The highest BCUT2D eigenvalue weighted by molar-refractivity contribution is 9.09. The van der Waals surface area contributed by atoms with Crippen LogP contribution in [0.3, 0.4) is 0 Å². The maximum Gasteiger partial charge on any atom is 0.307 e. The summed E-state index contributed by atoms with van der Waals surface area (Å²) in [5, 5.41) is 0. The number of nitrogens with zero attached hydrogens (tertiary/aromatic N) is 2. The third kappa shape index (κ3) is 39.6. The smallest absolute Gasteiger partial charge is 0.307 e. The van der Waals surface area contributed by atoms with Gasteiger partial charge < -0.3 is 19.3 Å². The van der Waals surface area contributed by atoms with E-state index in [1.165, 1.54) is 114 Å². The zero-order valence-corrected chi connectivity index (χ0v) is 35.4. The van der Waals surface area contributed by atoms with Crippen LogP contribution >= 0.6 is 62.8 Å². The van der Waals surface area contributed by atoms with E-state index in [0.29, 0.717) is 39.1 Å². The molecule has 0 atom stereocenters. The van der Waals surface area contributed by atoms with Gasteiger partial charge in [0, 0.05) is 36.1 Å². The van der Waals surface area contributed by atoms with Gasteiger partial charge in [-0.2, -0.15) is 0 Å². The molecule has 0 amide bonds. The van der Waals surface area contributed by atoms with Crippen molar-refractivity contribution in [1.29, 1.82) is 0 Å². The summed E-state index contributed by atoms with van der Waals surface area (Å²) < 4.78 is 11.0. The third-order valence-electron chi connectivity index (χ3n) is 7.56. The Labute approximate surface area is 314 Å². The summed E-state index contributed by atoms with van der Waals surface area (Å²) >= 11 is 0. The van der Waals surface area contributed by atoms with Crippen LogP contribution in [0.5, 0.6) is 0 Å². The molecule has 0 aliphatic rings. The van der Waals surface area contributed by atoms with Crippen molar-refractivity contribution >= 4 is 74.8 Å². The number of unbranched alkanes of at least 4 members (excludes halogenated alkanes) is 14. The van der Waals surface area contributed by atoms with E-state index in [-0.39, 0.29) is 11.9 Å². The van der Waals surface area contributed by atoms with Gasteiger partial charge in [-0.25, -0.2) is 0 Å². The molecule has 280 valence electrons. The minimum atomic E-state index is -0.155. The van der Waals surface area contributed by atoms with Crippen molar-refractivity contribution in [3.8, 4) is 0 Å². The van der Waals surface area contributed by atoms with Gasteiger partial charge in [0.2, 0.25) is 0 Å². The van der Waals surface area contributed by atoms with Crippen LogP contribution in [0.25, 0.3) is 0 Å². The predicted octanol–water partition coefficient (Wildman–Crippen LogP) is 11.4. The fourth-order valence-corrected chi connectivity index (χ4v) is 12.1. The molecule has 0 saturated heterocycles. The molecule has 0 unspecified atom stereocenters. The van der Waals surface area contributed by atoms with E-state index in [4.69, 9.17) is 9.47 Å². The molecule has 0 N–H and O–H groups in total. The lowest BCUT2D eigenvalue weighted by Crippen LogP contribution is -2.32. The third-order valence-corrected chi connectivity index (χ3v) is 16.1. The topological polar surface area (TPSA) is 59.1 Å². The molecule has 0 radical (unpaired) electrons. The second kappa shape index (κ2) is 39.7. The van der Waals surface area contributed by atoms with Crippen LogP contribution in [0.1, 0.15) is 136 Å². The largest absolute Gasteiger partial charge is 0.465 e. The molecule has 6 nitrogen and oxygen atoms in total. The number of hydrogen-bond donors (Lipinski definition) is 0. The minimum absolute atomic E-state index is 0.155. The van der Waals surface area contributed by atoms with Gasteiger partial charge >= 0.3 is 11.9 Å². The fourth-order valence-electron chi connectivity index (χ4n) is 4.76. The van der Waals surface area contributed by atoms with Crippen molar-refractivity contribution in [3.63, 3.8) is 0 Å². The summed E-state index contributed by atoms with van der Waals surface area (Å²) in [4.78, 5) is 29.1. The molecule has 0 saturated carbocycles. The van der Waals surface area contributed by atoms with Gasteiger partial charge in [-0.05, 0) is 66.1 Å². The lowest BCUT2D eigenvalue weighted by atomic mass is 10.1. The molecule has 0 fully saturated rings. The van der Waals surface area contributed by atoms with Crippen molar-refractivity contribution in [2.24, 2.45) is 0 Å². The van der Waals surface area contributed by atoms with Gasteiger partial charge in [0.15, 0.2) is 0 Å². The van der Waals surface area contributed by atoms with Gasteiger partial charge in [-0.15, -0.1) is 0 Å². The molecule has 0 aliphatic heterocycles. The molecule has 0 spiro atoms. The average molecular weight is 775 g/mol. The summed E-state index contributed by atoms with van der Waals surface area (Å²) in [6.45, 7) is 8.49. The van der Waals surface area contributed by atoms with Crippen LogP contribution in [-0.2, 0) is 19.1 Å². The van der Waals surface area contributed by atoms with Crippen LogP contribution in [-0.4, -0.2) is 98.2 Å². The second-order valence-corrected chi connectivity index (χ2v) is 21.3. The number of carbonyl (C=O) groups is 2. The number of ether oxygens (including phenoxy) is 2. The normalized spacial score (nSPS) is 11.5. The van der Waals surface area contributed by atoms with E-state index >= 15 is 0 Å². The quantitative estimate of drug-likeness (QED) is 0.0341. The van der Waals surface area contributed by atoms with Crippen molar-refractivity contribution in [3.05, 3.63) is 0 Å². The lowest BCUT2D eigenvalue weighted by Gasteiger charge is -2.22. The average Bonchev–Trinajstić information content (AvgIpc) is 3.05. The first-order chi connectivity index (χ1) is 23.0. The first-order valence-electron chi connectivity index (χ1n) is 18.5. The van der Waals surface area contributed by atoms with Crippen molar-refractivity contribution < 1.29 is 19.1 Å². The molecule has 0 aromatic carbocycles. The lowest BCUT2D eigenvalue weighted by molar-refractivity contribution is -0.143. The minimum Gasteiger partial charge on any atom is -0.465 e. The van der Waals surface area contributed by atoms with E-state index in [1.807, 2.05) is 41.2 Å². The summed E-state index contributed by atoms with van der Waals surface area (Å²) in [5.41, 5.74) is 0. The molecule has 0 heterocycles. The second-order valence-electron chi connectivity index (χ2n) is 12.3. The van der Waals surface area contributed by atoms with Crippen LogP contribution in [0.4, 0.5) is 0 Å². The Kier molecular flexibility index (Phi) is 40.6. The molecular formula is C35H70N2O4S6. The molecule has 47 heavy (non-hydrogen) atoms. The number of rotatable bonds is 38. The van der Waals surface area contributed by atoms with Gasteiger partial charge in [0.25, 0.3) is 0 Å². The Bertz CT molecular complexity index is 634. The predicted molar refractivity (Wildman–Crippen MR) is 221 cm³/mol. The summed E-state index contributed by atoms with van der Waals surface area (Å²) in [7, 11) is 15.1. The Morgan fingerprint density at radius 1 is 0.468 bits per heavy atom. The first-order valence-corrected chi connectivity index (χ1v) is 26.1. The Morgan fingerprint density at radius 3 is 1.26 bits per heavy atom. The summed E-state index contributed by atoms with van der Waals surface area (Å²) in [6.07, 6.45) is 23.4. The van der Waals surface area contributed by atoms with Gasteiger partial charge in [0.1, 0.15) is 13.2 Å². The zero-order valence-electron chi connectivity index (χ0n) is 30.5. The number of hydrogen-bond acceptors (Lipinski definition) is 12. The summed E-state index contributed by atoms with van der Waals surface area (Å²) in [5.74, 6) is 3.71. The van der Waals surface area contributed by atoms with Crippen molar-refractivity contribution in [2.75, 3.05) is 76.5 Å². The van der Waals surface area contributed by atoms with E-state index < -0.39 is 0 Å². The Hall–Kier alpha value is 0.960. The molecule has 0 rings (SSSR count). The van der Waals surface area contributed by atoms with Gasteiger partial charge in [-0.3, -0.25) is 9.59 Å². The molecule has 0 aliphatic carbocycles. The number of esters is 2. The highest BCUT2D eigenvalue weighted by atomic mass is 33.5. The van der Waals surface area contributed by atoms with Crippen molar-refractivity contribution in [2.45, 2.75) is 136 Å². The first kappa shape index (κ1) is 48.0. The van der Waals surface area contributed by atoms with Crippen LogP contribution in [0, 0.1) is 0 Å². The highest BCUT2D eigenvalue weighted by Gasteiger charge is 2.13. The highest BCUT2D eigenvalue weighted by Crippen LogP contribution is 2.35. The Balaban J connectivity index is 3.86.